The Labute approximate surface area is 112 Å². The lowest BCUT2D eigenvalue weighted by Gasteiger charge is -2.04. The van der Waals surface area contributed by atoms with Crippen molar-refractivity contribution in [3.05, 3.63) is 11.1 Å². The Balaban J connectivity index is 0.00000256. The summed E-state index contributed by atoms with van der Waals surface area (Å²) in [7, 11) is 0. The molecule has 1 aromatic heterocycles. The van der Waals surface area contributed by atoms with Gasteiger partial charge in [-0.3, -0.25) is 4.79 Å². The number of nitrogens with two attached hydrogens (primary N) is 1. The lowest BCUT2D eigenvalue weighted by Crippen LogP contribution is -2.19. The van der Waals surface area contributed by atoms with Crippen molar-refractivity contribution in [1.29, 1.82) is 0 Å². The molecule has 6 heteroatoms. The van der Waals surface area contributed by atoms with Gasteiger partial charge in [-0.15, -0.1) is 23.7 Å². The maximum Gasteiger partial charge on any atom is 0.226 e. The number of halogens is 1. The quantitative estimate of drug-likeness (QED) is 0.870. The number of amides is 1. The second-order valence-electron chi connectivity index (χ2n) is 4.29. The number of carbonyl (C=O) groups is 1. The van der Waals surface area contributed by atoms with E-state index in [1.807, 2.05) is 13.1 Å². The second kappa shape index (κ2) is 7.63. The van der Waals surface area contributed by atoms with Crippen molar-refractivity contribution in [1.82, 2.24) is 4.98 Å². The van der Waals surface area contributed by atoms with Crippen LogP contribution in [0.2, 0.25) is 0 Å². The van der Waals surface area contributed by atoms with Gasteiger partial charge in [0.15, 0.2) is 5.13 Å². The summed E-state index contributed by atoms with van der Waals surface area (Å²) in [6.07, 6.45) is 2.97. The average Bonchev–Trinajstić information content (AvgIpc) is 2.63. The van der Waals surface area contributed by atoms with Gasteiger partial charge in [0.05, 0.1) is 0 Å². The SMILES string of the molecule is CC(N)CCC(=O)Nc1ncc(C(C)C)s1.Cl. The van der Waals surface area contributed by atoms with E-state index in [9.17, 15) is 4.79 Å². The molecule has 0 aliphatic carbocycles. The molecule has 0 fully saturated rings. The summed E-state index contributed by atoms with van der Waals surface area (Å²) in [5, 5.41) is 3.46. The highest BCUT2D eigenvalue weighted by molar-refractivity contribution is 7.15. The summed E-state index contributed by atoms with van der Waals surface area (Å²) in [4.78, 5) is 16.8. The van der Waals surface area contributed by atoms with E-state index in [-0.39, 0.29) is 24.4 Å². The first-order valence-corrected chi connectivity index (χ1v) is 6.32. The highest BCUT2D eigenvalue weighted by atomic mass is 35.5. The number of nitrogens with zero attached hydrogens (tertiary/aromatic N) is 1. The molecule has 1 unspecified atom stereocenters. The van der Waals surface area contributed by atoms with Crippen LogP contribution in [0.4, 0.5) is 5.13 Å². The highest BCUT2D eigenvalue weighted by Gasteiger charge is 2.09. The summed E-state index contributed by atoms with van der Waals surface area (Å²) in [6.45, 7) is 6.11. The van der Waals surface area contributed by atoms with Gasteiger partial charge in [-0.25, -0.2) is 4.98 Å². The predicted molar refractivity (Wildman–Crippen MR) is 75.0 cm³/mol. The van der Waals surface area contributed by atoms with Gasteiger partial charge in [0.2, 0.25) is 5.91 Å². The van der Waals surface area contributed by atoms with Crippen molar-refractivity contribution >= 4 is 34.8 Å². The zero-order chi connectivity index (χ0) is 12.1. The van der Waals surface area contributed by atoms with Crippen LogP contribution in [0, 0.1) is 0 Å². The van der Waals surface area contributed by atoms with Gasteiger partial charge in [0.1, 0.15) is 0 Å². The van der Waals surface area contributed by atoms with E-state index in [0.29, 0.717) is 23.9 Å². The molecule has 0 aromatic carbocycles. The third kappa shape index (κ3) is 6.00. The Bertz CT molecular complexity index is 352. The fraction of sp³-hybridized carbons (Fsp3) is 0.636. The molecule has 1 rings (SSSR count). The van der Waals surface area contributed by atoms with Gasteiger partial charge >= 0.3 is 0 Å². The first-order valence-electron chi connectivity index (χ1n) is 5.50. The molecule has 3 N–H and O–H groups in total. The number of hydrogen-bond acceptors (Lipinski definition) is 4. The summed E-state index contributed by atoms with van der Waals surface area (Å²) >= 11 is 1.53. The standard InChI is InChI=1S/C11H19N3OS.ClH/c1-7(2)9-6-13-11(16-9)14-10(15)5-4-8(3)12;/h6-8H,4-5,12H2,1-3H3,(H,13,14,15);1H. The Morgan fingerprint density at radius 2 is 2.18 bits per heavy atom. The zero-order valence-corrected chi connectivity index (χ0v) is 12.0. The Kier molecular flexibility index (Phi) is 7.34. The van der Waals surface area contributed by atoms with E-state index in [0.717, 1.165) is 0 Å². The van der Waals surface area contributed by atoms with Crippen LogP contribution in [-0.2, 0) is 4.79 Å². The molecule has 1 amide bonds. The minimum Gasteiger partial charge on any atom is -0.328 e. The van der Waals surface area contributed by atoms with Crippen molar-refractivity contribution in [2.45, 2.75) is 45.6 Å². The van der Waals surface area contributed by atoms with E-state index < -0.39 is 0 Å². The number of anilines is 1. The van der Waals surface area contributed by atoms with E-state index in [4.69, 9.17) is 5.73 Å². The molecular weight excluding hydrogens is 258 g/mol. The van der Waals surface area contributed by atoms with Gasteiger partial charge in [0.25, 0.3) is 0 Å². The highest BCUT2D eigenvalue weighted by Crippen LogP contribution is 2.25. The van der Waals surface area contributed by atoms with E-state index in [1.165, 1.54) is 16.2 Å². The smallest absolute Gasteiger partial charge is 0.226 e. The van der Waals surface area contributed by atoms with Crippen LogP contribution in [0.15, 0.2) is 6.20 Å². The lowest BCUT2D eigenvalue weighted by atomic mass is 10.2. The van der Waals surface area contributed by atoms with Crippen LogP contribution in [0.1, 0.15) is 44.4 Å². The number of carbonyl (C=O) groups excluding carboxylic acids is 1. The monoisotopic (exact) mass is 277 g/mol. The molecule has 0 radical (unpaired) electrons. The molecule has 1 atom stereocenters. The van der Waals surface area contributed by atoms with Crippen LogP contribution in [0.25, 0.3) is 0 Å². The Hall–Kier alpha value is -0.650. The topological polar surface area (TPSA) is 68.0 Å². The van der Waals surface area contributed by atoms with Crippen molar-refractivity contribution in [2.24, 2.45) is 5.73 Å². The molecule has 17 heavy (non-hydrogen) atoms. The minimum absolute atomic E-state index is 0. The molecule has 0 spiro atoms. The van der Waals surface area contributed by atoms with Crippen molar-refractivity contribution in [3.63, 3.8) is 0 Å². The number of hydrogen-bond donors (Lipinski definition) is 2. The van der Waals surface area contributed by atoms with Gasteiger partial charge < -0.3 is 11.1 Å². The van der Waals surface area contributed by atoms with Crippen LogP contribution in [0.3, 0.4) is 0 Å². The molecule has 0 aliphatic rings. The first kappa shape index (κ1) is 16.4. The maximum absolute atomic E-state index is 11.5. The van der Waals surface area contributed by atoms with Crippen molar-refractivity contribution in [3.8, 4) is 0 Å². The Morgan fingerprint density at radius 3 is 2.65 bits per heavy atom. The molecule has 4 nitrogen and oxygen atoms in total. The average molecular weight is 278 g/mol. The normalized spacial score (nSPS) is 12.1. The first-order chi connectivity index (χ1) is 7.49. The molecule has 1 aromatic rings. The number of nitrogens with one attached hydrogen (secondary N) is 1. The summed E-state index contributed by atoms with van der Waals surface area (Å²) in [5.41, 5.74) is 5.58. The molecule has 0 bridgehead atoms. The molecule has 1 heterocycles. The largest absolute Gasteiger partial charge is 0.328 e. The van der Waals surface area contributed by atoms with Gasteiger partial charge in [-0.05, 0) is 19.3 Å². The van der Waals surface area contributed by atoms with E-state index in [1.54, 1.807) is 0 Å². The second-order valence-corrected chi connectivity index (χ2v) is 5.35. The minimum atomic E-state index is -0.0121. The van der Waals surface area contributed by atoms with E-state index in [2.05, 4.69) is 24.1 Å². The predicted octanol–water partition coefficient (Wildman–Crippen LogP) is 2.75. The van der Waals surface area contributed by atoms with Crippen molar-refractivity contribution in [2.75, 3.05) is 5.32 Å². The fourth-order valence-electron chi connectivity index (χ4n) is 1.15. The summed E-state index contributed by atoms with van der Waals surface area (Å²) in [5.74, 6) is 0.439. The number of rotatable bonds is 5. The molecule has 0 saturated carbocycles. The number of thiazole rings is 1. The fourth-order valence-corrected chi connectivity index (χ4v) is 1.99. The van der Waals surface area contributed by atoms with Gasteiger partial charge in [-0.2, -0.15) is 0 Å². The van der Waals surface area contributed by atoms with E-state index >= 15 is 0 Å². The summed E-state index contributed by atoms with van der Waals surface area (Å²) < 4.78 is 0. The molecular formula is C11H20ClN3OS. The lowest BCUT2D eigenvalue weighted by molar-refractivity contribution is -0.116. The third-order valence-corrected chi connectivity index (χ3v) is 3.38. The van der Waals surface area contributed by atoms with Gasteiger partial charge in [-0.1, -0.05) is 13.8 Å². The van der Waals surface area contributed by atoms with Crippen LogP contribution < -0.4 is 11.1 Å². The zero-order valence-electron chi connectivity index (χ0n) is 10.4. The van der Waals surface area contributed by atoms with Crippen molar-refractivity contribution < 1.29 is 4.79 Å². The molecule has 0 aliphatic heterocycles. The number of aromatic nitrogens is 1. The van der Waals surface area contributed by atoms with Crippen LogP contribution in [0.5, 0.6) is 0 Å². The van der Waals surface area contributed by atoms with Gasteiger partial charge in [0, 0.05) is 23.5 Å². The molecule has 0 saturated heterocycles. The molecule has 98 valence electrons. The third-order valence-electron chi connectivity index (χ3n) is 2.17. The van der Waals surface area contributed by atoms with Crippen LogP contribution >= 0.6 is 23.7 Å². The van der Waals surface area contributed by atoms with Crippen LogP contribution in [-0.4, -0.2) is 16.9 Å². The Morgan fingerprint density at radius 1 is 1.53 bits per heavy atom. The summed E-state index contributed by atoms with van der Waals surface area (Å²) in [6, 6.07) is 0.0632. The maximum atomic E-state index is 11.5.